The minimum atomic E-state index is -1.11. The van der Waals surface area contributed by atoms with Crippen LogP contribution in [0.1, 0.15) is 75.5 Å². The van der Waals surface area contributed by atoms with Crippen LogP contribution >= 0.6 is 23.1 Å². The molecular weight excluding hydrogens is 572 g/mol. The van der Waals surface area contributed by atoms with Crippen LogP contribution in [0, 0.1) is 13.8 Å². The molecule has 13 nitrogen and oxygen atoms in total. The highest BCUT2D eigenvalue weighted by atomic mass is 32.1. The van der Waals surface area contributed by atoms with Gasteiger partial charge in [0.2, 0.25) is 5.91 Å². The average molecular weight is 613 g/mol. The molecule has 2 aromatic heterocycles. The molecule has 3 amide bonds. The van der Waals surface area contributed by atoms with Crippen LogP contribution in [0.2, 0.25) is 0 Å². The number of nitrogens with zero attached hydrogens (tertiary/aromatic N) is 2. The van der Waals surface area contributed by atoms with Gasteiger partial charge in [-0.2, -0.15) is 8.75 Å². The highest BCUT2D eigenvalue weighted by Crippen LogP contribution is 2.29. The fraction of sp³-hybridized carbons (Fsp3) is 0.615. The topological polar surface area (TPSA) is 195 Å². The van der Waals surface area contributed by atoms with Crippen molar-refractivity contribution in [2.75, 3.05) is 11.1 Å². The number of carboxylic acid groups (broad SMARTS) is 1. The second kappa shape index (κ2) is 13.9. The van der Waals surface area contributed by atoms with E-state index >= 15 is 0 Å². The molecule has 6 N–H and O–H groups in total. The van der Waals surface area contributed by atoms with Gasteiger partial charge in [-0.15, -0.1) is 0 Å². The van der Waals surface area contributed by atoms with Crippen LogP contribution in [0.4, 0.5) is 21.0 Å². The number of carbonyl (C=O) groups is 4. The van der Waals surface area contributed by atoms with Crippen LogP contribution in [0.3, 0.4) is 0 Å². The lowest BCUT2D eigenvalue weighted by Gasteiger charge is -2.22. The molecule has 1 aliphatic heterocycles. The zero-order valence-electron chi connectivity index (χ0n) is 24.7. The number of carboxylic acids is 1. The molecule has 2 atom stereocenters. The Hall–Kier alpha value is -3.46. The summed E-state index contributed by atoms with van der Waals surface area (Å²) >= 11 is 2.64. The van der Waals surface area contributed by atoms with E-state index in [9.17, 15) is 19.2 Å². The molecule has 15 heteroatoms. The van der Waals surface area contributed by atoms with Gasteiger partial charge in [-0.1, -0.05) is 0 Å². The normalized spacial score (nSPS) is 15.7. The summed E-state index contributed by atoms with van der Waals surface area (Å²) in [5.74, 6) is -1.33. The van der Waals surface area contributed by atoms with Gasteiger partial charge in [0.05, 0.1) is 22.8 Å². The van der Waals surface area contributed by atoms with E-state index in [2.05, 4.69) is 24.7 Å². The maximum Gasteiger partial charge on any atom is 0.408 e. The van der Waals surface area contributed by atoms with E-state index in [0.717, 1.165) is 26.8 Å². The Morgan fingerprint density at radius 1 is 1.05 bits per heavy atom. The maximum atomic E-state index is 12.1. The van der Waals surface area contributed by atoms with Crippen molar-refractivity contribution in [1.82, 2.24) is 19.4 Å². The zero-order valence-corrected chi connectivity index (χ0v) is 26.3. The van der Waals surface area contributed by atoms with Gasteiger partial charge < -0.3 is 36.3 Å². The number of anilines is 2. The third-order valence-electron chi connectivity index (χ3n) is 5.48. The second-order valence-electron chi connectivity index (χ2n) is 11.5. The van der Waals surface area contributed by atoms with Crippen molar-refractivity contribution < 1.29 is 33.8 Å². The lowest BCUT2D eigenvalue weighted by atomic mass is 10.1. The van der Waals surface area contributed by atoms with Crippen molar-refractivity contribution >= 4 is 58.5 Å². The molecule has 0 unspecified atom stereocenters. The van der Waals surface area contributed by atoms with Crippen molar-refractivity contribution in [3.63, 3.8) is 0 Å². The quantitative estimate of drug-likeness (QED) is 0.316. The number of aryl methyl sites for hydroxylation is 4. The van der Waals surface area contributed by atoms with E-state index in [1.54, 1.807) is 48.5 Å². The Morgan fingerprint density at radius 3 is 2.17 bits per heavy atom. The molecule has 1 aliphatic rings. The smallest absolute Gasteiger partial charge is 0.408 e. The number of nitrogen functional groups attached to an aromatic ring is 1. The predicted octanol–water partition coefficient (Wildman–Crippen LogP) is 4.17. The first-order valence-corrected chi connectivity index (χ1v) is 14.6. The highest BCUT2D eigenvalue weighted by Gasteiger charge is 2.29. The molecule has 0 aliphatic carbocycles. The van der Waals surface area contributed by atoms with E-state index in [0.29, 0.717) is 24.9 Å². The SMILES string of the molecule is Cc1nsc(CC[C@H](NC(=O)OC(C)(C)C)C(=O)O)c1N.Cc1nsc2c1NC(=O)[C@@H](NC(=O)OC(C)(C)C)CC2. The molecule has 0 spiro atoms. The van der Waals surface area contributed by atoms with Crippen LogP contribution in [0.15, 0.2) is 0 Å². The number of amides is 3. The molecule has 0 aromatic carbocycles. The summed E-state index contributed by atoms with van der Waals surface area (Å²) in [6.45, 7) is 14.1. The molecule has 2 aromatic rings. The summed E-state index contributed by atoms with van der Waals surface area (Å²) in [5.41, 5.74) is 7.51. The number of carbonyl (C=O) groups excluding carboxylic acids is 3. The van der Waals surface area contributed by atoms with Crippen LogP contribution < -0.4 is 21.7 Å². The molecule has 0 radical (unpaired) electrons. The first kappa shape index (κ1) is 33.7. The minimum absolute atomic E-state index is 0.223. The number of hydrogen-bond acceptors (Lipinski definition) is 11. The maximum absolute atomic E-state index is 12.1. The Bertz CT molecular complexity index is 1250. The van der Waals surface area contributed by atoms with Crippen LogP contribution in [-0.4, -0.2) is 61.2 Å². The van der Waals surface area contributed by atoms with Gasteiger partial charge in [0.25, 0.3) is 0 Å². The molecule has 3 rings (SSSR count). The molecule has 228 valence electrons. The minimum Gasteiger partial charge on any atom is -0.480 e. The van der Waals surface area contributed by atoms with E-state index < -0.39 is 41.4 Å². The number of alkyl carbamates (subject to hydrolysis) is 2. The van der Waals surface area contributed by atoms with Gasteiger partial charge in [0, 0.05) is 9.75 Å². The van der Waals surface area contributed by atoms with Gasteiger partial charge >= 0.3 is 18.2 Å². The summed E-state index contributed by atoms with van der Waals surface area (Å²) in [4.78, 5) is 48.6. The summed E-state index contributed by atoms with van der Waals surface area (Å²) in [5, 5.41) is 17.0. The van der Waals surface area contributed by atoms with Crippen molar-refractivity contribution in [2.45, 2.75) is 104 Å². The zero-order chi connectivity index (χ0) is 31.1. The largest absolute Gasteiger partial charge is 0.480 e. The van der Waals surface area contributed by atoms with Crippen LogP contribution in [-0.2, 0) is 31.9 Å². The van der Waals surface area contributed by atoms with Gasteiger partial charge in [-0.25, -0.2) is 14.4 Å². The molecule has 0 saturated carbocycles. The second-order valence-corrected chi connectivity index (χ2v) is 13.2. The van der Waals surface area contributed by atoms with Crippen molar-refractivity contribution in [1.29, 1.82) is 0 Å². The van der Waals surface area contributed by atoms with E-state index in [1.165, 1.54) is 23.1 Å². The van der Waals surface area contributed by atoms with Crippen molar-refractivity contribution in [3.8, 4) is 0 Å². The number of rotatable bonds is 6. The van der Waals surface area contributed by atoms with Gasteiger partial charge in [-0.3, -0.25) is 4.79 Å². The number of hydrogen-bond donors (Lipinski definition) is 5. The van der Waals surface area contributed by atoms with Crippen molar-refractivity contribution in [3.05, 3.63) is 21.1 Å². The lowest BCUT2D eigenvalue weighted by Crippen LogP contribution is -2.45. The molecule has 0 fully saturated rings. The highest BCUT2D eigenvalue weighted by molar-refractivity contribution is 7.06. The molecule has 3 heterocycles. The van der Waals surface area contributed by atoms with Crippen LogP contribution in [0.25, 0.3) is 0 Å². The Labute approximate surface area is 247 Å². The average Bonchev–Trinajstić information content (AvgIpc) is 3.27. The third kappa shape index (κ3) is 11.1. The lowest BCUT2D eigenvalue weighted by molar-refractivity contribution is -0.139. The Kier molecular flexibility index (Phi) is 11.5. The summed E-state index contributed by atoms with van der Waals surface area (Å²) in [6.07, 6.45) is 0.589. The van der Waals surface area contributed by atoms with Gasteiger partial charge in [0.1, 0.15) is 23.3 Å². The first-order chi connectivity index (χ1) is 18.9. The monoisotopic (exact) mass is 612 g/mol. The summed E-state index contributed by atoms with van der Waals surface area (Å²) in [7, 11) is 0. The molecular formula is C26H40N6O7S2. The number of aliphatic carboxylic acids is 1. The number of ether oxygens (including phenoxy) is 2. The fourth-order valence-electron chi connectivity index (χ4n) is 3.54. The summed E-state index contributed by atoms with van der Waals surface area (Å²) < 4.78 is 18.6. The third-order valence-corrected chi connectivity index (χ3v) is 7.48. The number of fused-ring (bicyclic) bond motifs is 1. The Morgan fingerprint density at radius 2 is 1.63 bits per heavy atom. The van der Waals surface area contributed by atoms with Crippen LogP contribution in [0.5, 0.6) is 0 Å². The predicted molar refractivity (Wildman–Crippen MR) is 157 cm³/mol. The van der Waals surface area contributed by atoms with E-state index in [4.69, 9.17) is 20.3 Å². The van der Waals surface area contributed by atoms with Gasteiger partial charge in [-0.05, 0) is 104 Å². The summed E-state index contributed by atoms with van der Waals surface area (Å²) in [6, 6.07) is -1.61. The van der Waals surface area contributed by atoms with E-state index in [-0.39, 0.29) is 12.3 Å². The van der Waals surface area contributed by atoms with Gasteiger partial charge in [0.15, 0.2) is 0 Å². The number of aromatic nitrogens is 2. The molecule has 41 heavy (non-hydrogen) atoms. The fourth-order valence-corrected chi connectivity index (χ4v) is 5.18. The van der Waals surface area contributed by atoms with E-state index in [1.807, 2.05) is 6.92 Å². The molecule has 0 bridgehead atoms. The number of nitrogens with one attached hydrogen (secondary N) is 3. The first-order valence-electron chi connectivity index (χ1n) is 13.0. The Balaban J connectivity index is 0.000000287. The standard InChI is InChI=1S/C13H21N3O4S.C13H19N3O3S/c1-7-10(14)9(21-16-7)6-5-8(11(17)18)15-12(19)20-13(2,3)4;1-7-10-9(20-16-7)6-5-8(11(17)15-10)14-12(18)19-13(2,3)4/h8H,5-6,14H2,1-4H3,(H,15,19)(H,17,18);8H,5-6H2,1-4H3,(H,14,18)(H,15,17)/t2*8-/m00/s1. The number of nitrogens with two attached hydrogens (primary N) is 1. The molecule has 0 saturated heterocycles. The van der Waals surface area contributed by atoms with Crippen molar-refractivity contribution in [2.24, 2.45) is 0 Å².